The van der Waals surface area contributed by atoms with E-state index >= 15 is 0 Å². The Bertz CT molecular complexity index is 613. The van der Waals surface area contributed by atoms with Gasteiger partial charge in [0.05, 0.1) is 13.7 Å². The topological polar surface area (TPSA) is 74.3 Å². The van der Waals surface area contributed by atoms with Crippen molar-refractivity contribution in [3.8, 4) is 5.75 Å². The number of methoxy groups -OCH3 is 2. The largest absolute Gasteiger partial charge is 0.497 e. The van der Waals surface area contributed by atoms with E-state index in [1.807, 2.05) is 19.6 Å². The molecule has 0 radical (unpaired) electrons. The number of nitrogens with zero attached hydrogens (tertiary/aromatic N) is 1. The number of likely N-dealkylation sites (N-methyl/N-ethyl adjacent to an activating group) is 1. The molecule has 0 saturated heterocycles. The van der Waals surface area contributed by atoms with Gasteiger partial charge in [0.1, 0.15) is 12.5 Å². The summed E-state index contributed by atoms with van der Waals surface area (Å²) in [6.07, 6.45) is 0. The average molecular weight is 384 g/mol. The highest BCUT2D eigenvalue weighted by molar-refractivity contribution is 6.70. The average Bonchev–Trinajstić information content (AvgIpc) is 2.58. The molecular formula is C18H29NO6Si. The smallest absolute Gasteiger partial charge is 0.352 e. The van der Waals surface area contributed by atoms with E-state index in [4.69, 9.17) is 18.6 Å². The van der Waals surface area contributed by atoms with Crippen LogP contribution in [0.1, 0.15) is 12.5 Å². The summed E-state index contributed by atoms with van der Waals surface area (Å²) in [5.41, 5.74) is -1.49. The summed E-state index contributed by atoms with van der Waals surface area (Å²) in [7, 11) is 2.23. The van der Waals surface area contributed by atoms with Gasteiger partial charge in [-0.25, -0.2) is 4.79 Å². The van der Waals surface area contributed by atoms with E-state index in [-0.39, 0.29) is 13.3 Å². The molecule has 0 aliphatic heterocycles. The van der Waals surface area contributed by atoms with E-state index in [2.05, 4.69) is 0 Å². The third-order valence-electron chi connectivity index (χ3n) is 3.49. The van der Waals surface area contributed by atoms with Crippen LogP contribution < -0.4 is 4.74 Å². The fourth-order valence-corrected chi connectivity index (χ4v) is 3.72. The van der Waals surface area contributed by atoms with Crippen molar-refractivity contribution in [2.45, 2.75) is 32.2 Å². The lowest BCUT2D eigenvalue weighted by molar-refractivity contribution is -0.176. The number of rotatable bonds is 9. The molecule has 0 saturated carbocycles. The van der Waals surface area contributed by atoms with Crippen molar-refractivity contribution in [2.24, 2.45) is 0 Å². The first-order valence-corrected chi connectivity index (χ1v) is 11.8. The molecule has 0 aromatic heterocycles. The Morgan fingerprint density at radius 1 is 1.12 bits per heavy atom. The van der Waals surface area contributed by atoms with E-state index in [0.29, 0.717) is 11.3 Å². The van der Waals surface area contributed by atoms with Gasteiger partial charge in [-0.3, -0.25) is 4.79 Å². The molecule has 0 spiro atoms. The third kappa shape index (κ3) is 5.06. The van der Waals surface area contributed by atoms with Gasteiger partial charge < -0.3 is 23.5 Å². The van der Waals surface area contributed by atoms with Crippen LogP contribution in [0.25, 0.3) is 0 Å². The number of carbonyl (C=O) groups is 2. The number of carbonyl (C=O) groups excluding carboxylic acids is 2. The van der Waals surface area contributed by atoms with Gasteiger partial charge in [0.15, 0.2) is 8.32 Å². The predicted octanol–water partition coefficient (Wildman–Crippen LogP) is 2.37. The zero-order valence-electron chi connectivity index (χ0n) is 16.6. The summed E-state index contributed by atoms with van der Waals surface area (Å²) >= 11 is 0. The maximum absolute atomic E-state index is 13.3. The van der Waals surface area contributed by atoms with Gasteiger partial charge in [-0.2, -0.15) is 0 Å². The van der Waals surface area contributed by atoms with Crippen LogP contribution in [0.2, 0.25) is 19.6 Å². The molecule has 1 rings (SSSR count). The monoisotopic (exact) mass is 383 g/mol. The Morgan fingerprint density at radius 2 is 1.69 bits per heavy atom. The molecule has 1 unspecified atom stereocenters. The Labute approximate surface area is 156 Å². The number of ether oxygens (including phenoxy) is 3. The summed E-state index contributed by atoms with van der Waals surface area (Å²) < 4.78 is 21.7. The molecular weight excluding hydrogens is 354 g/mol. The number of esters is 1. The van der Waals surface area contributed by atoms with E-state index in [0.717, 1.165) is 0 Å². The van der Waals surface area contributed by atoms with Crippen molar-refractivity contribution in [2.75, 3.05) is 34.6 Å². The summed E-state index contributed by atoms with van der Waals surface area (Å²) in [4.78, 5) is 27.6. The summed E-state index contributed by atoms with van der Waals surface area (Å²) in [5, 5.41) is 0. The van der Waals surface area contributed by atoms with Gasteiger partial charge in [-0.15, -0.1) is 0 Å². The van der Waals surface area contributed by atoms with Gasteiger partial charge >= 0.3 is 5.97 Å². The van der Waals surface area contributed by atoms with Crippen LogP contribution in [0.5, 0.6) is 5.75 Å². The molecule has 1 aromatic rings. The van der Waals surface area contributed by atoms with Gasteiger partial charge in [0, 0.05) is 19.7 Å². The predicted molar refractivity (Wildman–Crippen MR) is 100 cm³/mol. The van der Waals surface area contributed by atoms with Crippen molar-refractivity contribution < 1.29 is 28.2 Å². The highest BCUT2D eigenvalue weighted by Crippen LogP contribution is 2.34. The minimum absolute atomic E-state index is 0.0190. The molecule has 8 heteroatoms. The zero-order valence-corrected chi connectivity index (χ0v) is 17.6. The lowest BCUT2D eigenvalue weighted by Crippen LogP contribution is -2.57. The molecule has 1 amide bonds. The van der Waals surface area contributed by atoms with Crippen LogP contribution in [0.3, 0.4) is 0 Å². The lowest BCUT2D eigenvalue weighted by Gasteiger charge is -2.38. The standard InChI is InChI=1S/C18H29NO6Si/c1-8-24-17(21)18(25-26(5,6)7,16(20)19(2)13-22-3)14-9-11-15(23-4)12-10-14/h9-12H,8,13H2,1-7H3. The molecule has 0 N–H and O–H groups in total. The number of hydrogen-bond acceptors (Lipinski definition) is 6. The van der Waals surface area contributed by atoms with Crippen molar-refractivity contribution in [1.82, 2.24) is 4.90 Å². The molecule has 0 fully saturated rings. The second-order valence-electron chi connectivity index (χ2n) is 6.77. The highest BCUT2D eigenvalue weighted by atomic mass is 28.4. The van der Waals surface area contributed by atoms with Crippen LogP contribution in [0, 0.1) is 0 Å². The first-order chi connectivity index (χ1) is 12.1. The Balaban J connectivity index is 3.60. The van der Waals surface area contributed by atoms with E-state index in [1.165, 1.54) is 12.0 Å². The molecule has 146 valence electrons. The maximum atomic E-state index is 13.3. The molecule has 0 bridgehead atoms. The number of hydrogen-bond donors (Lipinski definition) is 0. The molecule has 1 aromatic carbocycles. The van der Waals surface area contributed by atoms with E-state index < -0.39 is 25.8 Å². The normalized spacial score (nSPS) is 13.7. The van der Waals surface area contributed by atoms with Gasteiger partial charge in [-0.05, 0) is 38.7 Å². The fraction of sp³-hybridized carbons (Fsp3) is 0.556. The van der Waals surface area contributed by atoms with E-state index in [1.54, 1.807) is 45.3 Å². The van der Waals surface area contributed by atoms with Crippen LogP contribution in [0.4, 0.5) is 0 Å². The van der Waals surface area contributed by atoms with Crippen LogP contribution in [-0.4, -0.2) is 59.7 Å². The Kier molecular flexibility index (Phi) is 7.80. The van der Waals surface area contributed by atoms with Crippen molar-refractivity contribution in [3.63, 3.8) is 0 Å². The fourth-order valence-electron chi connectivity index (χ4n) is 2.51. The highest BCUT2D eigenvalue weighted by Gasteiger charge is 2.54. The second kappa shape index (κ2) is 9.16. The zero-order chi connectivity index (χ0) is 20.0. The number of benzene rings is 1. The number of amides is 1. The first kappa shape index (κ1) is 22.1. The molecule has 0 aliphatic rings. The van der Waals surface area contributed by atoms with Gasteiger partial charge in [-0.1, -0.05) is 12.1 Å². The summed E-state index contributed by atoms with van der Waals surface area (Å²) in [6.45, 7) is 7.57. The maximum Gasteiger partial charge on any atom is 0.352 e. The van der Waals surface area contributed by atoms with Crippen molar-refractivity contribution in [1.29, 1.82) is 0 Å². The summed E-state index contributed by atoms with van der Waals surface area (Å²) in [5.74, 6) is -0.664. The first-order valence-electron chi connectivity index (χ1n) is 8.38. The van der Waals surface area contributed by atoms with Crippen molar-refractivity contribution >= 4 is 20.2 Å². The minimum Gasteiger partial charge on any atom is -0.497 e. The Morgan fingerprint density at radius 3 is 2.12 bits per heavy atom. The second-order valence-corrected chi connectivity index (χ2v) is 11.2. The third-order valence-corrected chi connectivity index (χ3v) is 4.41. The SMILES string of the molecule is CCOC(=O)C(O[Si](C)(C)C)(C(=O)N(C)COC)c1ccc(OC)cc1. The molecule has 7 nitrogen and oxygen atoms in total. The van der Waals surface area contributed by atoms with E-state index in [9.17, 15) is 9.59 Å². The lowest BCUT2D eigenvalue weighted by atomic mass is 9.92. The minimum atomic E-state index is -2.34. The van der Waals surface area contributed by atoms with Crippen LogP contribution in [-0.2, 0) is 29.1 Å². The molecule has 0 heterocycles. The molecule has 0 aliphatic carbocycles. The van der Waals surface area contributed by atoms with Crippen LogP contribution in [0.15, 0.2) is 24.3 Å². The summed E-state index contributed by atoms with van der Waals surface area (Å²) in [6, 6.07) is 6.66. The van der Waals surface area contributed by atoms with Gasteiger partial charge in [0.2, 0.25) is 0 Å². The van der Waals surface area contributed by atoms with Crippen LogP contribution >= 0.6 is 0 Å². The quantitative estimate of drug-likeness (QED) is 0.282. The Hall–Kier alpha value is -1.90. The van der Waals surface area contributed by atoms with Gasteiger partial charge in [0.25, 0.3) is 11.5 Å². The molecule has 26 heavy (non-hydrogen) atoms. The molecule has 1 atom stereocenters. The van der Waals surface area contributed by atoms with Crippen molar-refractivity contribution in [3.05, 3.63) is 29.8 Å².